The number of aliphatic hydroxyl groups excluding tert-OH is 5. The zero-order valence-corrected chi connectivity index (χ0v) is 8.59. The predicted molar refractivity (Wildman–Crippen MR) is 49.3 cm³/mol. The van der Waals surface area contributed by atoms with Crippen LogP contribution in [0.4, 0.5) is 0 Å². The molecule has 96 valence electrons. The van der Waals surface area contributed by atoms with Gasteiger partial charge in [-0.3, -0.25) is 4.79 Å². The lowest BCUT2D eigenvalue weighted by Crippen LogP contribution is -2.58. The van der Waals surface area contributed by atoms with Crippen LogP contribution in [0, 0.1) is 0 Å². The second-order valence-electron chi connectivity index (χ2n) is 3.24. The van der Waals surface area contributed by atoms with Gasteiger partial charge in [-0.15, -0.1) is 0 Å². The number of hydrogen-bond acceptors (Lipinski definition) is 7. The number of rotatable bonds is 1. The van der Waals surface area contributed by atoms with Crippen LogP contribution in [0.25, 0.3) is 0 Å². The standard InChI is InChI=1S/C6H12O6.C2H4O2/c7-1-2-3(8)4(9)5(10)6(11)12-2;1-2(3)4/h2-11H,1H2;1H3,(H,3,4)/t2-,3-,4+,5+,6?;/m1./s1. The highest BCUT2D eigenvalue weighted by Crippen LogP contribution is 2.18. The zero-order chi connectivity index (χ0) is 12.9. The van der Waals surface area contributed by atoms with Gasteiger partial charge in [0.25, 0.3) is 5.97 Å². The molecule has 0 aromatic rings. The molecule has 0 saturated carbocycles. The highest BCUT2D eigenvalue weighted by molar-refractivity contribution is 5.62. The molecule has 0 bridgehead atoms. The van der Waals surface area contributed by atoms with E-state index in [4.69, 9.17) is 35.4 Å². The molecule has 5 atom stereocenters. The van der Waals surface area contributed by atoms with Gasteiger partial charge in [0, 0.05) is 6.92 Å². The third kappa shape index (κ3) is 4.39. The molecule has 1 rings (SSSR count). The molecule has 1 fully saturated rings. The van der Waals surface area contributed by atoms with Gasteiger partial charge >= 0.3 is 0 Å². The van der Waals surface area contributed by atoms with E-state index >= 15 is 0 Å². The monoisotopic (exact) mass is 240 g/mol. The minimum atomic E-state index is -1.57. The molecule has 1 aliphatic heterocycles. The largest absolute Gasteiger partial charge is 0.481 e. The van der Waals surface area contributed by atoms with Gasteiger partial charge < -0.3 is 35.4 Å². The smallest absolute Gasteiger partial charge is 0.300 e. The van der Waals surface area contributed by atoms with E-state index in [-0.39, 0.29) is 0 Å². The van der Waals surface area contributed by atoms with Crippen LogP contribution >= 0.6 is 0 Å². The van der Waals surface area contributed by atoms with E-state index in [1.54, 1.807) is 0 Å². The molecule has 1 unspecified atom stereocenters. The van der Waals surface area contributed by atoms with Gasteiger partial charge in [-0.2, -0.15) is 0 Å². The Balaban J connectivity index is 0.000000487. The molecule has 0 radical (unpaired) electrons. The molecule has 6 N–H and O–H groups in total. The van der Waals surface area contributed by atoms with E-state index in [2.05, 4.69) is 4.74 Å². The summed E-state index contributed by atoms with van der Waals surface area (Å²) in [5, 5.41) is 52.1. The fourth-order valence-electron chi connectivity index (χ4n) is 1.08. The van der Waals surface area contributed by atoms with Gasteiger partial charge in [-0.1, -0.05) is 0 Å². The number of aliphatic hydroxyl groups is 5. The first-order valence-electron chi connectivity index (χ1n) is 4.49. The molecule has 8 heteroatoms. The van der Waals surface area contributed by atoms with Crippen molar-refractivity contribution in [3.05, 3.63) is 0 Å². The minimum Gasteiger partial charge on any atom is -0.481 e. The Bertz CT molecular complexity index is 211. The number of aliphatic carboxylic acids is 1. The maximum atomic E-state index is 9.12. The fraction of sp³-hybridized carbons (Fsp3) is 0.875. The number of ether oxygens (including phenoxy) is 1. The average molecular weight is 240 g/mol. The van der Waals surface area contributed by atoms with E-state index in [9.17, 15) is 0 Å². The van der Waals surface area contributed by atoms with Crippen molar-refractivity contribution in [1.82, 2.24) is 0 Å². The molecule has 0 aromatic carbocycles. The molecule has 16 heavy (non-hydrogen) atoms. The van der Waals surface area contributed by atoms with Crippen LogP contribution in [-0.4, -0.2) is 73.9 Å². The second kappa shape index (κ2) is 6.74. The van der Waals surface area contributed by atoms with Gasteiger partial charge in [0.15, 0.2) is 6.29 Å². The lowest BCUT2D eigenvalue weighted by atomic mass is 10.00. The van der Waals surface area contributed by atoms with Gasteiger partial charge in [0.1, 0.15) is 24.4 Å². The molecule has 0 aliphatic carbocycles. The molecule has 1 aliphatic rings. The third-order valence-electron chi connectivity index (χ3n) is 1.87. The van der Waals surface area contributed by atoms with Gasteiger partial charge in [-0.05, 0) is 0 Å². The lowest BCUT2D eigenvalue weighted by molar-refractivity contribution is -0.286. The summed E-state index contributed by atoms with van der Waals surface area (Å²) in [5.41, 5.74) is 0. The van der Waals surface area contributed by atoms with Crippen molar-refractivity contribution in [2.24, 2.45) is 0 Å². The highest BCUT2D eigenvalue weighted by atomic mass is 16.6. The first kappa shape index (κ1) is 15.2. The Kier molecular flexibility index (Phi) is 6.41. The maximum Gasteiger partial charge on any atom is 0.300 e. The van der Waals surface area contributed by atoms with Crippen LogP contribution in [0.15, 0.2) is 0 Å². The third-order valence-corrected chi connectivity index (χ3v) is 1.87. The molecule has 0 spiro atoms. The lowest BCUT2D eigenvalue weighted by Gasteiger charge is -2.37. The molecule has 1 saturated heterocycles. The van der Waals surface area contributed by atoms with Gasteiger partial charge in [0.05, 0.1) is 6.61 Å². The quantitative estimate of drug-likeness (QED) is 0.282. The van der Waals surface area contributed by atoms with Crippen molar-refractivity contribution in [1.29, 1.82) is 0 Å². The molecule has 0 aromatic heterocycles. The van der Waals surface area contributed by atoms with Crippen LogP contribution in [0.1, 0.15) is 6.92 Å². The first-order chi connectivity index (χ1) is 7.31. The van der Waals surface area contributed by atoms with Crippen LogP contribution in [0.5, 0.6) is 0 Å². The summed E-state index contributed by atoms with van der Waals surface area (Å²) in [7, 11) is 0. The van der Waals surface area contributed by atoms with Crippen molar-refractivity contribution < 1.29 is 40.2 Å². The van der Waals surface area contributed by atoms with Gasteiger partial charge in [0.2, 0.25) is 0 Å². The van der Waals surface area contributed by atoms with Crippen LogP contribution < -0.4 is 0 Å². The second-order valence-corrected chi connectivity index (χ2v) is 3.24. The van der Waals surface area contributed by atoms with Crippen LogP contribution in [-0.2, 0) is 9.53 Å². The summed E-state index contributed by atoms with van der Waals surface area (Å²) in [6.45, 7) is 0.558. The van der Waals surface area contributed by atoms with Gasteiger partial charge in [-0.25, -0.2) is 0 Å². The molecular formula is C8H16O8. The van der Waals surface area contributed by atoms with E-state index < -0.39 is 43.3 Å². The molecular weight excluding hydrogens is 224 g/mol. The van der Waals surface area contributed by atoms with Crippen molar-refractivity contribution in [3.63, 3.8) is 0 Å². The molecule has 8 nitrogen and oxygen atoms in total. The zero-order valence-electron chi connectivity index (χ0n) is 8.59. The summed E-state index contributed by atoms with van der Waals surface area (Å²) in [5.74, 6) is -0.833. The summed E-state index contributed by atoms with van der Waals surface area (Å²) < 4.78 is 4.58. The average Bonchev–Trinajstić information content (AvgIpc) is 2.19. The number of hydrogen-bond donors (Lipinski definition) is 6. The van der Waals surface area contributed by atoms with Crippen LogP contribution in [0.3, 0.4) is 0 Å². The highest BCUT2D eigenvalue weighted by Gasteiger charge is 2.42. The normalized spacial score (nSPS) is 38.5. The number of carboxylic acid groups (broad SMARTS) is 1. The fourth-order valence-corrected chi connectivity index (χ4v) is 1.08. The minimum absolute atomic E-state index is 0.526. The first-order valence-corrected chi connectivity index (χ1v) is 4.49. The Morgan fingerprint density at radius 2 is 1.56 bits per heavy atom. The maximum absolute atomic E-state index is 9.12. The van der Waals surface area contributed by atoms with E-state index in [1.807, 2.05) is 0 Å². The Labute approximate surface area is 91.3 Å². The number of carbonyl (C=O) groups is 1. The number of carboxylic acids is 1. The van der Waals surface area contributed by atoms with Crippen LogP contribution in [0.2, 0.25) is 0 Å². The predicted octanol–water partition coefficient (Wildman–Crippen LogP) is -3.13. The topological polar surface area (TPSA) is 148 Å². The Morgan fingerprint density at radius 3 is 1.94 bits per heavy atom. The Hall–Kier alpha value is -0.770. The van der Waals surface area contributed by atoms with Crippen molar-refractivity contribution in [3.8, 4) is 0 Å². The summed E-state index contributed by atoms with van der Waals surface area (Å²) >= 11 is 0. The molecule has 1 heterocycles. The summed E-state index contributed by atoms with van der Waals surface area (Å²) in [4.78, 5) is 9.00. The van der Waals surface area contributed by atoms with E-state index in [0.29, 0.717) is 0 Å². The van der Waals surface area contributed by atoms with Crippen molar-refractivity contribution in [2.75, 3.05) is 6.61 Å². The molecule has 0 amide bonds. The van der Waals surface area contributed by atoms with Crippen molar-refractivity contribution >= 4 is 5.97 Å². The van der Waals surface area contributed by atoms with Crippen molar-refractivity contribution in [2.45, 2.75) is 37.6 Å². The van der Waals surface area contributed by atoms with E-state index in [0.717, 1.165) is 6.92 Å². The van der Waals surface area contributed by atoms with E-state index in [1.165, 1.54) is 0 Å². The Morgan fingerprint density at radius 1 is 1.12 bits per heavy atom. The summed E-state index contributed by atoms with van der Waals surface area (Å²) in [6, 6.07) is 0. The summed E-state index contributed by atoms with van der Waals surface area (Å²) in [6.07, 6.45) is -7.04. The SMILES string of the molecule is CC(=O)O.OC[C@H]1OC(O)[C@@H](O)[C@@H](O)[C@@H]1O.